The van der Waals surface area contributed by atoms with Crippen LogP contribution in [0.1, 0.15) is 15.9 Å². The minimum atomic E-state index is -2.48. The summed E-state index contributed by atoms with van der Waals surface area (Å²) in [6, 6.07) is 15.0. The van der Waals surface area contributed by atoms with Crippen LogP contribution >= 0.6 is 0 Å². The molecular weight excluding hydrogens is 250 g/mol. The molecule has 2 aromatic carbocycles. The van der Waals surface area contributed by atoms with Crippen molar-refractivity contribution in [3.8, 4) is 0 Å². The molecule has 5 heteroatoms. The molecule has 0 saturated heterocycles. The number of hydrogen-bond donors (Lipinski definition) is 0. The largest absolute Gasteiger partial charge is 0.316 e. The van der Waals surface area contributed by atoms with Crippen molar-refractivity contribution in [2.24, 2.45) is 4.36 Å². The minimum absolute atomic E-state index is 0.106. The van der Waals surface area contributed by atoms with E-state index < -0.39 is 10.5 Å². The van der Waals surface area contributed by atoms with Crippen LogP contribution in [0, 0.1) is 0 Å². The average Bonchev–Trinajstić information content (AvgIpc) is 2.39. The minimum Gasteiger partial charge on any atom is -0.289 e. The maximum Gasteiger partial charge on any atom is 0.316 e. The maximum atomic E-state index is 12.0. The Morgan fingerprint density at radius 3 is 1.94 bits per heavy atom. The van der Waals surface area contributed by atoms with E-state index in [1.807, 2.05) is 6.07 Å². The normalized spacial score (nSPS) is 9.78. The summed E-state index contributed by atoms with van der Waals surface area (Å²) in [5.74, 6) is -0.106. The van der Waals surface area contributed by atoms with E-state index in [1.165, 1.54) is 12.1 Å². The van der Waals surface area contributed by atoms with E-state index in [2.05, 4.69) is 4.36 Å². The third-order valence-electron chi connectivity index (χ3n) is 2.35. The lowest BCUT2D eigenvalue weighted by molar-refractivity contribution is 0.103. The van der Waals surface area contributed by atoms with Gasteiger partial charge in [0.15, 0.2) is 5.78 Å². The van der Waals surface area contributed by atoms with Crippen molar-refractivity contribution in [3.05, 3.63) is 65.7 Å². The Morgan fingerprint density at radius 1 is 0.833 bits per heavy atom. The summed E-state index contributed by atoms with van der Waals surface area (Å²) < 4.78 is 24.1. The highest BCUT2D eigenvalue weighted by molar-refractivity contribution is 7.61. The SMILES string of the molecule is O=C(c1ccccc1)c1ccc(N=S(=O)=O)cc1. The number of ketones is 1. The van der Waals surface area contributed by atoms with E-state index in [4.69, 9.17) is 0 Å². The molecule has 0 heterocycles. The van der Waals surface area contributed by atoms with Gasteiger partial charge in [0.25, 0.3) is 0 Å². The Hall–Kier alpha value is -2.27. The molecule has 0 saturated carbocycles. The number of rotatable bonds is 3. The van der Waals surface area contributed by atoms with Gasteiger partial charge in [0.05, 0.1) is 5.69 Å². The van der Waals surface area contributed by atoms with E-state index in [0.29, 0.717) is 16.8 Å². The van der Waals surface area contributed by atoms with Crippen LogP contribution in [0.25, 0.3) is 0 Å². The maximum absolute atomic E-state index is 12.0. The van der Waals surface area contributed by atoms with Crippen LogP contribution < -0.4 is 0 Å². The van der Waals surface area contributed by atoms with Crippen molar-refractivity contribution in [1.82, 2.24) is 0 Å². The highest BCUT2D eigenvalue weighted by Gasteiger charge is 2.07. The van der Waals surface area contributed by atoms with Crippen molar-refractivity contribution in [2.75, 3.05) is 0 Å². The van der Waals surface area contributed by atoms with E-state index in [-0.39, 0.29) is 5.78 Å². The van der Waals surface area contributed by atoms with Gasteiger partial charge in [-0.2, -0.15) is 8.42 Å². The lowest BCUT2D eigenvalue weighted by Gasteiger charge is -2.00. The second-order valence-corrected chi connectivity index (χ2v) is 4.17. The molecule has 0 bridgehead atoms. The number of hydrogen-bond acceptors (Lipinski definition) is 4. The zero-order chi connectivity index (χ0) is 13.0. The van der Waals surface area contributed by atoms with Crippen LogP contribution in [0.15, 0.2) is 59.0 Å². The van der Waals surface area contributed by atoms with Crippen molar-refractivity contribution < 1.29 is 13.2 Å². The van der Waals surface area contributed by atoms with Crippen LogP contribution in [0.2, 0.25) is 0 Å². The smallest absolute Gasteiger partial charge is 0.289 e. The lowest BCUT2D eigenvalue weighted by Crippen LogP contribution is -1.99. The van der Waals surface area contributed by atoms with Crippen LogP contribution in [0.4, 0.5) is 5.69 Å². The van der Waals surface area contributed by atoms with Gasteiger partial charge in [-0.05, 0) is 24.3 Å². The van der Waals surface area contributed by atoms with E-state index in [1.54, 1.807) is 36.4 Å². The molecule has 0 atom stereocenters. The van der Waals surface area contributed by atoms with Crippen molar-refractivity contribution in [1.29, 1.82) is 0 Å². The Morgan fingerprint density at radius 2 is 1.39 bits per heavy atom. The number of carbonyl (C=O) groups excluding carboxylic acids is 1. The first-order valence-corrected chi connectivity index (χ1v) is 6.21. The summed E-state index contributed by atoms with van der Waals surface area (Å²) in [6.07, 6.45) is 0. The van der Waals surface area contributed by atoms with Crippen LogP contribution in [0.3, 0.4) is 0 Å². The molecule has 4 nitrogen and oxygen atoms in total. The first kappa shape index (κ1) is 12.2. The number of carbonyl (C=O) groups is 1. The van der Waals surface area contributed by atoms with Gasteiger partial charge in [0.1, 0.15) is 0 Å². The first-order chi connectivity index (χ1) is 8.66. The number of benzene rings is 2. The predicted octanol–water partition coefficient (Wildman–Crippen LogP) is 2.61. The van der Waals surface area contributed by atoms with Gasteiger partial charge in [-0.1, -0.05) is 30.3 Å². The molecule has 0 fully saturated rings. The van der Waals surface area contributed by atoms with Crippen molar-refractivity contribution in [2.45, 2.75) is 0 Å². The molecule has 0 aromatic heterocycles. The monoisotopic (exact) mass is 259 g/mol. The molecule has 90 valence electrons. The standard InChI is InChI=1S/C13H9NO3S/c15-13(10-4-2-1-3-5-10)11-6-8-12(9-7-11)14-18(16)17/h1-9H. The van der Waals surface area contributed by atoms with Gasteiger partial charge in [-0.15, -0.1) is 4.36 Å². The first-order valence-electron chi connectivity index (χ1n) is 5.18. The number of nitrogens with zero attached hydrogens (tertiary/aromatic N) is 1. The van der Waals surface area contributed by atoms with Crippen LogP contribution in [-0.2, 0) is 10.5 Å². The second-order valence-electron chi connectivity index (χ2n) is 3.55. The third-order valence-corrected chi connectivity index (χ3v) is 2.71. The summed E-state index contributed by atoms with van der Waals surface area (Å²) in [5.41, 5.74) is 1.39. The molecule has 0 amide bonds. The third kappa shape index (κ3) is 2.89. The van der Waals surface area contributed by atoms with E-state index in [9.17, 15) is 13.2 Å². The summed E-state index contributed by atoms with van der Waals surface area (Å²) in [6.45, 7) is 0. The topological polar surface area (TPSA) is 63.6 Å². The Kier molecular flexibility index (Phi) is 3.64. The van der Waals surface area contributed by atoms with Gasteiger partial charge >= 0.3 is 10.5 Å². The summed E-state index contributed by atoms with van der Waals surface area (Å²) >= 11 is 0. The fraction of sp³-hybridized carbons (Fsp3) is 0. The van der Waals surface area contributed by atoms with Crippen LogP contribution in [-0.4, -0.2) is 14.2 Å². The van der Waals surface area contributed by atoms with E-state index >= 15 is 0 Å². The van der Waals surface area contributed by atoms with Crippen molar-refractivity contribution >= 4 is 22.0 Å². The second kappa shape index (κ2) is 5.37. The fourth-order valence-electron chi connectivity index (χ4n) is 1.52. The zero-order valence-electron chi connectivity index (χ0n) is 9.28. The molecule has 0 spiro atoms. The quantitative estimate of drug-likeness (QED) is 0.796. The summed E-state index contributed by atoms with van der Waals surface area (Å²) in [4.78, 5) is 12.0. The molecule has 2 rings (SSSR count). The lowest BCUT2D eigenvalue weighted by atomic mass is 10.0. The molecule has 0 aliphatic rings. The van der Waals surface area contributed by atoms with Gasteiger partial charge in [0, 0.05) is 11.1 Å². The zero-order valence-corrected chi connectivity index (χ0v) is 10.1. The van der Waals surface area contributed by atoms with Crippen LogP contribution in [0.5, 0.6) is 0 Å². The molecule has 0 N–H and O–H groups in total. The van der Waals surface area contributed by atoms with Gasteiger partial charge in [-0.25, -0.2) is 0 Å². The molecular formula is C13H9NO3S. The predicted molar refractivity (Wildman–Crippen MR) is 67.3 cm³/mol. The Balaban J connectivity index is 2.31. The Bertz CT molecular complexity index is 681. The summed E-state index contributed by atoms with van der Waals surface area (Å²) in [7, 11) is -2.48. The fourth-order valence-corrected chi connectivity index (χ4v) is 1.81. The molecule has 18 heavy (non-hydrogen) atoms. The highest BCUT2D eigenvalue weighted by atomic mass is 32.2. The van der Waals surface area contributed by atoms with Gasteiger partial charge in [0.2, 0.25) is 0 Å². The van der Waals surface area contributed by atoms with Gasteiger partial charge < -0.3 is 0 Å². The molecule has 0 aliphatic carbocycles. The van der Waals surface area contributed by atoms with E-state index in [0.717, 1.165) is 0 Å². The average molecular weight is 259 g/mol. The molecule has 0 unspecified atom stereocenters. The summed E-state index contributed by atoms with van der Waals surface area (Å²) in [5, 5.41) is 0. The van der Waals surface area contributed by atoms with Gasteiger partial charge in [-0.3, -0.25) is 4.79 Å². The molecule has 0 radical (unpaired) electrons. The molecule has 0 aliphatic heterocycles. The molecule has 2 aromatic rings. The Labute approximate surface area is 106 Å². The van der Waals surface area contributed by atoms with Crippen molar-refractivity contribution in [3.63, 3.8) is 0 Å². The highest BCUT2D eigenvalue weighted by Crippen LogP contribution is 2.15.